The summed E-state index contributed by atoms with van der Waals surface area (Å²) in [5.74, 6) is -1.09. The van der Waals surface area contributed by atoms with Crippen molar-refractivity contribution in [3.8, 4) is 0 Å². The first-order valence-electron chi connectivity index (χ1n) is 7.75. The van der Waals surface area contributed by atoms with E-state index in [-0.39, 0.29) is 18.4 Å². The molecule has 0 spiro atoms. The van der Waals surface area contributed by atoms with E-state index in [9.17, 15) is 14.7 Å². The number of carbonyl (C=O) groups excluding carboxylic acids is 1. The van der Waals surface area contributed by atoms with Crippen LogP contribution in [0.15, 0.2) is 24.3 Å². The first-order chi connectivity index (χ1) is 11.1. The van der Waals surface area contributed by atoms with Crippen LogP contribution in [0.1, 0.15) is 22.3 Å². The zero-order valence-electron chi connectivity index (χ0n) is 13.2. The lowest BCUT2D eigenvalue weighted by Gasteiger charge is -2.33. The van der Waals surface area contributed by atoms with Crippen LogP contribution in [0, 0.1) is 11.3 Å². The van der Waals surface area contributed by atoms with Gasteiger partial charge in [0, 0.05) is 38.3 Å². The number of likely N-dealkylation sites (tertiary alicyclic amines) is 1. The van der Waals surface area contributed by atoms with Gasteiger partial charge in [-0.3, -0.25) is 9.59 Å². The van der Waals surface area contributed by atoms with Crippen molar-refractivity contribution in [3.63, 3.8) is 0 Å². The van der Waals surface area contributed by atoms with Crippen molar-refractivity contribution in [2.75, 3.05) is 33.4 Å². The molecule has 0 unspecified atom stereocenters. The molecule has 6 nitrogen and oxygen atoms in total. The highest BCUT2D eigenvalue weighted by Crippen LogP contribution is 2.42. The van der Waals surface area contributed by atoms with Crippen LogP contribution < -0.4 is 0 Å². The first-order valence-corrected chi connectivity index (χ1v) is 7.75. The van der Waals surface area contributed by atoms with Gasteiger partial charge >= 0.3 is 5.97 Å². The number of carboxylic acid groups (broad SMARTS) is 1. The Morgan fingerprint density at radius 1 is 1.48 bits per heavy atom. The molecule has 0 aromatic heterocycles. The van der Waals surface area contributed by atoms with E-state index < -0.39 is 11.4 Å². The minimum absolute atomic E-state index is 0.127. The molecule has 1 aromatic rings. The fourth-order valence-corrected chi connectivity index (χ4v) is 3.60. The Kier molecular flexibility index (Phi) is 4.37. The number of methoxy groups -OCH3 is 1. The summed E-state index contributed by atoms with van der Waals surface area (Å²) in [5.41, 5.74) is 0.629. The van der Waals surface area contributed by atoms with Crippen molar-refractivity contribution >= 4 is 11.9 Å². The predicted octanol–water partition coefficient (Wildman–Crippen LogP) is 1.40. The standard InChI is InChI=1S/C17H21NO5/c1-22-9-12-3-2-4-13(7-12)15(19)18-8-14-10-23-6-5-17(14,11-18)16(20)21/h2-4,7,14H,5-6,8-11H2,1H3,(H,20,21)/t14-,17+/m0/s1. The molecule has 124 valence electrons. The van der Waals surface area contributed by atoms with Crippen LogP contribution in [-0.4, -0.2) is 55.3 Å². The van der Waals surface area contributed by atoms with Gasteiger partial charge in [0.2, 0.25) is 0 Å². The van der Waals surface area contributed by atoms with Crippen molar-refractivity contribution in [2.45, 2.75) is 13.0 Å². The first kappa shape index (κ1) is 16.0. The molecule has 0 radical (unpaired) electrons. The van der Waals surface area contributed by atoms with E-state index in [1.54, 1.807) is 24.1 Å². The molecule has 3 rings (SSSR count). The summed E-state index contributed by atoms with van der Waals surface area (Å²) in [6.45, 7) is 1.97. The number of ether oxygens (including phenoxy) is 2. The van der Waals surface area contributed by atoms with Crippen LogP contribution in [0.4, 0.5) is 0 Å². The average Bonchev–Trinajstić information content (AvgIpc) is 2.96. The van der Waals surface area contributed by atoms with E-state index in [1.165, 1.54) is 0 Å². The molecule has 0 bridgehead atoms. The fraction of sp³-hybridized carbons (Fsp3) is 0.529. The van der Waals surface area contributed by atoms with Crippen LogP contribution in [0.5, 0.6) is 0 Å². The van der Waals surface area contributed by atoms with Crippen LogP contribution in [0.3, 0.4) is 0 Å². The van der Waals surface area contributed by atoms with Gasteiger partial charge in [-0.15, -0.1) is 0 Å². The Morgan fingerprint density at radius 3 is 3.00 bits per heavy atom. The molecule has 2 atom stereocenters. The third-order valence-electron chi connectivity index (χ3n) is 4.90. The van der Waals surface area contributed by atoms with E-state index in [4.69, 9.17) is 9.47 Å². The molecule has 2 aliphatic heterocycles. The van der Waals surface area contributed by atoms with Gasteiger partial charge in [-0.05, 0) is 24.1 Å². The monoisotopic (exact) mass is 319 g/mol. The summed E-state index contributed by atoms with van der Waals surface area (Å²) in [6, 6.07) is 7.28. The maximum atomic E-state index is 12.8. The summed E-state index contributed by atoms with van der Waals surface area (Å²) in [5, 5.41) is 9.67. The highest BCUT2D eigenvalue weighted by molar-refractivity contribution is 5.95. The summed E-state index contributed by atoms with van der Waals surface area (Å²) in [7, 11) is 1.61. The Labute approximate surface area is 135 Å². The second-order valence-corrected chi connectivity index (χ2v) is 6.30. The highest BCUT2D eigenvalue weighted by Gasteiger charge is 2.54. The molecule has 0 saturated carbocycles. The lowest BCUT2D eigenvalue weighted by atomic mass is 9.74. The molecule has 6 heteroatoms. The van der Waals surface area contributed by atoms with Crippen LogP contribution in [-0.2, 0) is 20.9 Å². The lowest BCUT2D eigenvalue weighted by Crippen LogP contribution is -2.45. The molecule has 2 saturated heterocycles. The predicted molar refractivity (Wildman–Crippen MR) is 82.1 cm³/mol. The van der Waals surface area contributed by atoms with E-state index in [0.717, 1.165) is 5.56 Å². The minimum atomic E-state index is -0.863. The second-order valence-electron chi connectivity index (χ2n) is 6.30. The maximum absolute atomic E-state index is 12.8. The van der Waals surface area contributed by atoms with Crippen molar-refractivity contribution in [1.29, 1.82) is 0 Å². The average molecular weight is 319 g/mol. The maximum Gasteiger partial charge on any atom is 0.311 e. The second kappa shape index (κ2) is 6.29. The Hall–Kier alpha value is -1.92. The third kappa shape index (κ3) is 2.84. The molecule has 2 heterocycles. The number of fused-ring (bicyclic) bond motifs is 1. The fourth-order valence-electron chi connectivity index (χ4n) is 3.60. The molecular formula is C17H21NO5. The Bertz CT molecular complexity index is 617. The number of rotatable bonds is 4. The number of amides is 1. The van der Waals surface area contributed by atoms with Gasteiger partial charge in [0.05, 0.1) is 18.6 Å². The molecule has 2 fully saturated rings. The van der Waals surface area contributed by atoms with E-state index in [0.29, 0.717) is 38.3 Å². The largest absolute Gasteiger partial charge is 0.481 e. The Balaban J connectivity index is 1.81. The Morgan fingerprint density at radius 2 is 2.30 bits per heavy atom. The number of hydrogen-bond donors (Lipinski definition) is 1. The molecule has 0 aliphatic carbocycles. The smallest absolute Gasteiger partial charge is 0.311 e. The van der Waals surface area contributed by atoms with Crippen LogP contribution >= 0.6 is 0 Å². The van der Waals surface area contributed by atoms with Gasteiger partial charge < -0.3 is 19.5 Å². The zero-order valence-corrected chi connectivity index (χ0v) is 13.2. The molecular weight excluding hydrogens is 298 g/mol. The van der Waals surface area contributed by atoms with Crippen molar-refractivity contribution in [1.82, 2.24) is 4.90 Å². The zero-order chi connectivity index (χ0) is 16.4. The van der Waals surface area contributed by atoms with Crippen molar-refractivity contribution in [3.05, 3.63) is 35.4 Å². The van der Waals surface area contributed by atoms with Gasteiger partial charge in [-0.25, -0.2) is 0 Å². The SMILES string of the molecule is COCc1cccc(C(=O)N2C[C@H]3COCC[C@@]3(C(=O)O)C2)c1. The van der Waals surface area contributed by atoms with Crippen molar-refractivity contribution in [2.24, 2.45) is 11.3 Å². The summed E-state index contributed by atoms with van der Waals surface area (Å²) in [6.07, 6.45) is 0.459. The summed E-state index contributed by atoms with van der Waals surface area (Å²) >= 11 is 0. The van der Waals surface area contributed by atoms with E-state index >= 15 is 0 Å². The number of hydrogen-bond acceptors (Lipinski definition) is 4. The minimum Gasteiger partial charge on any atom is -0.481 e. The third-order valence-corrected chi connectivity index (χ3v) is 4.90. The van der Waals surface area contributed by atoms with Gasteiger partial charge in [-0.1, -0.05) is 12.1 Å². The van der Waals surface area contributed by atoms with Crippen LogP contribution in [0.25, 0.3) is 0 Å². The quantitative estimate of drug-likeness (QED) is 0.908. The van der Waals surface area contributed by atoms with E-state index in [1.807, 2.05) is 12.1 Å². The number of nitrogens with zero attached hydrogens (tertiary/aromatic N) is 1. The normalized spacial score (nSPS) is 26.8. The molecule has 23 heavy (non-hydrogen) atoms. The number of carboxylic acids is 1. The van der Waals surface area contributed by atoms with Gasteiger partial charge in [0.1, 0.15) is 0 Å². The number of aliphatic carboxylic acids is 1. The number of benzene rings is 1. The number of carbonyl (C=O) groups is 2. The molecule has 2 aliphatic rings. The molecule has 1 N–H and O–H groups in total. The topological polar surface area (TPSA) is 76.1 Å². The van der Waals surface area contributed by atoms with Gasteiger partial charge in [0.15, 0.2) is 0 Å². The molecule has 1 amide bonds. The van der Waals surface area contributed by atoms with Crippen molar-refractivity contribution < 1.29 is 24.2 Å². The van der Waals surface area contributed by atoms with Gasteiger partial charge in [-0.2, -0.15) is 0 Å². The van der Waals surface area contributed by atoms with Crippen LogP contribution in [0.2, 0.25) is 0 Å². The van der Waals surface area contributed by atoms with E-state index in [2.05, 4.69) is 0 Å². The summed E-state index contributed by atoms with van der Waals surface area (Å²) < 4.78 is 10.5. The summed E-state index contributed by atoms with van der Waals surface area (Å²) in [4.78, 5) is 26.2. The molecule has 1 aromatic carbocycles. The lowest BCUT2D eigenvalue weighted by molar-refractivity contribution is -0.157. The highest BCUT2D eigenvalue weighted by atomic mass is 16.5. The van der Waals surface area contributed by atoms with Gasteiger partial charge in [0.25, 0.3) is 5.91 Å².